The second-order valence-corrected chi connectivity index (χ2v) is 9.83. The number of rotatable bonds is 3. The highest BCUT2D eigenvalue weighted by atomic mass is 19.1. The Morgan fingerprint density at radius 3 is 2.82 bits per heavy atom. The average molecular weight is 515 g/mol. The number of H-pyrrole nitrogens is 1. The van der Waals surface area contributed by atoms with Gasteiger partial charge in [-0.2, -0.15) is 0 Å². The van der Waals surface area contributed by atoms with E-state index in [-0.39, 0.29) is 28.8 Å². The highest BCUT2D eigenvalue weighted by molar-refractivity contribution is 5.99. The molecular formula is C27H23FN6O4. The normalized spacial score (nSPS) is 17.4. The van der Waals surface area contributed by atoms with Crippen LogP contribution in [0, 0.1) is 12.7 Å². The molecule has 0 spiro atoms. The maximum atomic E-state index is 13.7. The van der Waals surface area contributed by atoms with Crippen LogP contribution in [0.2, 0.25) is 0 Å². The minimum Gasteiger partial charge on any atom is -0.381 e. The summed E-state index contributed by atoms with van der Waals surface area (Å²) in [4.78, 5) is 31.2. The van der Waals surface area contributed by atoms with E-state index in [1.807, 2.05) is 13.0 Å². The molecule has 3 aromatic heterocycles. The van der Waals surface area contributed by atoms with Crippen molar-refractivity contribution >= 4 is 22.6 Å². The zero-order valence-corrected chi connectivity index (χ0v) is 20.5. The van der Waals surface area contributed by atoms with Gasteiger partial charge in [0, 0.05) is 42.2 Å². The summed E-state index contributed by atoms with van der Waals surface area (Å²) in [6.45, 7) is 3.84. The number of aryl methyl sites for hydroxylation is 1. The van der Waals surface area contributed by atoms with Crippen LogP contribution in [-0.2, 0) is 17.7 Å². The summed E-state index contributed by atoms with van der Waals surface area (Å²) in [7, 11) is 0. The van der Waals surface area contributed by atoms with Gasteiger partial charge in [0.2, 0.25) is 5.65 Å². The summed E-state index contributed by atoms with van der Waals surface area (Å²) in [6, 6.07) is 9.67. The monoisotopic (exact) mass is 514 g/mol. The van der Waals surface area contributed by atoms with Crippen molar-refractivity contribution in [1.82, 2.24) is 29.6 Å². The number of carbonyl (C=O) groups excluding carboxylic acids is 1. The number of nitrogens with one attached hydrogen (secondary N) is 1. The van der Waals surface area contributed by atoms with Gasteiger partial charge in [0.25, 0.3) is 11.5 Å². The molecule has 0 radical (unpaired) electrons. The number of aromatic amines is 1. The number of hydrogen-bond donors (Lipinski definition) is 1. The molecule has 0 bridgehead atoms. The Balaban J connectivity index is 1.26. The molecule has 10 nitrogen and oxygen atoms in total. The molecule has 1 atom stereocenters. The highest BCUT2D eigenvalue weighted by Gasteiger charge is 2.30. The van der Waals surface area contributed by atoms with E-state index in [9.17, 15) is 14.0 Å². The van der Waals surface area contributed by atoms with Crippen molar-refractivity contribution in [2.45, 2.75) is 32.2 Å². The number of hydrogen-bond acceptors (Lipinski definition) is 7. The first kappa shape index (κ1) is 22.8. The van der Waals surface area contributed by atoms with Crippen LogP contribution in [-0.4, -0.2) is 55.3 Å². The zero-order chi connectivity index (χ0) is 26.0. The lowest BCUT2D eigenvalue weighted by Crippen LogP contribution is -2.36. The predicted octanol–water partition coefficient (Wildman–Crippen LogP) is 3.38. The molecule has 0 saturated carbocycles. The van der Waals surface area contributed by atoms with Crippen molar-refractivity contribution in [3.8, 4) is 11.3 Å². The zero-order valence-electron chi connectivity index (χ0n) is 20.5. The molecule has 1 unspecified atom stereocenters. The molecule has 38 heavy (non-hydrogen) atoms. The molecule has 5 heterocycles. The fourth-order valence-electron chi connectivity index (χ4n) is 5.46. The van der Waals surface area contributed by atoms with Crippen LogP contribution in [0.25, 0.3) is 27.9 Å². The van der Waals surface area contributed by atoms with Crippen molar-refractivity contribution in [3.63, 3.8) is 0 Å². The van der Waals surface area contributed by atoms with Crippen LogP contribution in [0.4, 0.5) is 4.39 Å². The molecule has 2 aliphatic heterocycles. The van der Waals surface area contributed by atoms with Gasteiger partial charge in [-0.3, -0.25) is 14.0 Å². The van der Waals surface area contributed by atoms with Crippen molar-refractivity contribution in [2.75, 3.05) is 19.8 Å². The first-order chi connectivity index (χ1) is 18.5. The lowest BCUT2D eigenvalue weighted by atomic mass is 9.99. The molecule has 1 saturated heterocycles. The van der Waals surface area contributed by atoms with Crippen molar-refractivity contribution < 1.29 is 18.4 Å². The number of halogens is 1. The molecule has 2 aliphatic rings. The van der Waals surface area contributed by atoms with Crippen molar-refractivity contribution in [2.24, 2.45) is 0 Å². The number of fused-ring (bicyclic) bond motifs is 4. The quantitative estimate of drug-likeness (QED) is 0.392. The number of amides is 1. The third-order valence-corrected chi connectivity index (χ3v) is 7.48. The molecule has 11 heteroatoms. The Morgan fingerprint density at radius 1 is 1.18 bits per heavy atom. The summed E-state index contributed by atoms with van der Waals surface area (Å²) >= 11 is 0. The van der Waals surface area contributed by atoms with Gasteiger partial charge in [-0.05, 0) is 55.3 Å². The Morgan fingerprint density at radius 2 is 2.03 bits per heavy atom. The summed E-state index contributed by atoms with van der Waals surface area (Å²) in [5.41, 5.74) is 4.54. The van der Waals surface area contributed by atoms with E-state index in [2.05, 4.69) is 20.3 Å². The lowest BCUT2D eigenvalue weighted by Gasteiger charge is -2.27. The maximum absolute atomic E-state index is 13.7. The van der Waals surface area contributed by atoms with Gasteiger partial charge in [-0.15, -0.1) is 10.2 Å². The Hall–Kier alpha value is -4.38. The van der Waals surface area contributed by atoms with E-state index in [1.165, 1.54) is 12.1 Å². The molecule has 192 valence electrons. The van der Waals surface area contributed by atoms with Gasteiger partial charge in [-0.1, -0.05) is 5.16 Å². The van der Waals surface area contributed by atoms with Crippen LogP contribution in [0.3, 0.4) is 0 Å². The fraction of sp³-hybridized carbons (Fsp3) is 0.296. The molecule has 5 aromatic rings. The van der Waals surface area contributed by atoms with E-state index in [4.69, 9.17) is 9.26 Å². The van der Waals surface area contributed by atoms with E-state index in [1.54, 1.807) is 27.5 Å². The summed E-state index contributed by atoms with van der Waals surface area (Å²) in [5, 5.41) is 12.6. The minimum absolute atomic E-state index is 0.0537. The number of carbonyl (C=O) groups is 1. The van der Waals surface area contributed by atoms with Gasteiger partial charge in [0.1, 0.15) is 23.1 Å². The van der Waals surface area contributed by atoms with Gasteiger partial charge in [0.05, 0.1) is 24.2 Å². The standard InChI is InChI=1S/C27H23FN6O4/c1-14-10-21-20(29-26(35)25-31-30-24(34(21)25)16-7-9-37-13-16)11-18(14)27(36)33-8-6-22-19(12-33)23(32-38-22)15-2-4-17(28)5-3-15/h2-5,10-11,16H,6-9,12-13H2,1H3,(H,29,35). The molecular weight excluding hydrogens is 491 g/mol. The molecule has 7 rings (SSSR count). The van der Waals surface area contributed by atoms with Crippen molar-refractivity contribution in [3.05, 3.63) is 80.8 Å². The Labute approximate surface area is 215 Å². The van der Waals surface area contributed by atoms with E-state index < -0.39 is 0 Å². The number of aromatic nitrogens is 5. The van der Waals surface area contributed by atoms with Gasteiger partial charge >= 0.3 is 0 Å². The molecule has 2 aromatic carbocycles. The number of ether oxygens (including phenoxy) is 1. The van der Waals surface area contributed by atoms with E-state index >= 15 is 0 Å². The van der Waals surface area contributed by atoms with Crippen LogP contribution in [0.1, 0.15) is 45.4 Å². The summed E-state index contributed by atoms with van der Waals surface area (Å²) < 4.78 is 26.3. The van der Waals surface area contributed by atoms with E-state index in [0.29, 0.717) is 55.3 Å². The Kier molecular flexibility index (Phi) is 5.15. The topological polar surface area (TPSA) is 119 Å². The summed E-state index contributed by atoms with van der Waals surface area (Å²) in [6.07, 6.45) is 1.33. The van der Waals surface area contributed by atoms with E-state index in [0.717, 1.165) is 34.4 Å². The fourth-order valence-corrected chi connectivity index (χ4v) is 5.46. The van der Waals surface area contributed by atoms with Gasteiger partial charge < -0.3 is 19.1 Å². The van der Waals surface area contributed by atoms with Crippen LogP contribution >= 0.6 is 0 Å². The second-order valence-electron chi connectivity index (χ2n) is 9.83. The third-order valence-electron chi connectivity index (χ3n) is 7.48. The molecule has 1 fully saturated rings. The summed E-state index contributed by atoms with van der Waals surface area (Å²) in [5.74, 6) is 0.983. The molecule has 1 N–H and O–H groups in total. The number of benzene rings is 2. The van der Waals surface area contributed by atoms with Gasteiger partial charge in [0.15, 0.2) is 0 Å². The predicted molar refractivity (Wildman–Crippen MR) is 134 cm³/mol. The minimum atomic E-state index is -0.367. The average Bonchev–Trinajstić information content (AvgIpc) is 3.68. The largest absolute Gasteiger partial charge is 0.381 e. The smallest absolute Gasteiger partial charge is 0.294 e. The van der Waals surface area contributed by atoms with Gasteiger partial charge in [-0.25, -0.2) is 4.39 Å². The Bertz CT molecular complexity index is 1780. The first-order valence-electron chi connectivity index (χ1n) is 12.5. The molecule has 1 amide bonds. The number of nitrogens with zero attached hydrogens (tertiary/aromatic N) is 5. The van der Waals surface area contributed by atoms with Crippen LogP contribution in [0.15, 0.2) is 45.7 Å². The first-order valence-corrected chi connectivity index (χ1v) is 12.5. The molecule has 0 aliphatic carbocycles. The van der Waals surface area contributed by atoms with Crippen LogP contribution in [0.5, 0.6) is 0 Å². The lowest BCUT2D eigenvalue weighted by molar-refractivity contribution is 0.0728. The maximum Gasteiger partial charge on any atom is 0.294 e. The highest BCUT2D eigenvalue weighted by Crippen LogP contribution is 2.32. The second kappa shape index (κ2) is 8.59. The van der Waals surface area contributed by atoms with Crippen LogP contribution < -0.4 is 5.56 Å². The van der Waals surface area contributed by atoms with Crippen molar-refractivity contribution in [1.29, 1.82) is 0 Å². The SMILES string of the molecule is Cc1cc2c(cc1C(=O)N1CCc3onc(-c4ccc(F)cc4)c3C1)[nH]c(=O)c1nnc(C3CCOC3)n12. The third kappa shape index (κ3) is 3.53.